The first-order chi connectivity index (χ1) is 7.67. The van der Waals surface area contributed by atoms with E-state index in [2.05, 4.69) is 10.1 Å². The van der Waals surface area contributed by atoms with Gasteiger partial charge in [-0.15, -0.1) is 0 Å². The van der Waals surface area contributed by atoms with Crippen LogP contribution in [0.2, 0.25) is 0 Å². The van der Waals surface area contributed by atoms with Gasteiger partial charge >= 0.3 is 0 Å². The molecule has 1 rings (SSSR count). The van der Waals surface area contributed by atoms with E-state index in [0.717, 1.165) is 6.26 Å². The van der Waals surface area contributed by atoms with Crippen molar-refractivity contribution in [3.63, 3.8) is 0 Å². The molecule has 0 saturated heterocycles. The first-order valence-corrected chi connectivity index (χ1v) is 4.51. The minimum Gasteiger partial charge on any atom is -0.501 e. The van der Waals surface area contributed by atoms with Crippen LogP contribution >= 0.6 is 0 Å². The van der Waals surface area contributed by atoms with Crippen LogP contribution in [0.25, 0.3) is 0 Å². The summed E-state index contributed by atoms with van der Waals surface area (Å²) in [7, 11) is 2.80. The summed E-state index contributed by atoms with van der Waals surface area (Å²) in [5.41, 5.74) is 0.477. The van der Waals surface area contributed by atoms with Gasteiger partial charge in [0.1, 0.15) is 12.0 Å². The number of hydrogen-bond acceptors (Lipinski definition) is 3. The number of rotatable bonds is 4. The highest BCUT2D eigenvalue weighted by Gasteiger charge is 2.08. The quantitative estimate of drug-likeness (QED) is 0.630. The van der Waals surface area contributed by atoms with Crippen molar-refractivity contribution in [3.05, 3.63) is 36.4 Å². The van der Waals surface area contributed by atoms with E-state index < -0.39 is 11.7 Å². The van der Waals surface area contributed by atoms with Gasteiger partial charge in [0.25, 0.3) is 5.91 Å². The van der Waals surface area contributed by atoms with E-state index in [1.807, 2.05) is 0 Å². The molecule has 1 N–H and O–H groups in total. The van der Waals surface area contributed by atoms with Crippen molar-refractivity contribution >= 4 is 11.6 Å². The topological polar surface area (TPSA) is 47.6 Å². The molecule has 0 spiro atoms. The van der Waals surface area contributed by atoms with E-state index in [1.165, 1.54) is 14.2 Å². The fraction of sp³-hybridized carbons (Fsp3) is 0.182. The monoisotopic (exact) mass is 225 g/mol. The van der Waals surface area contributed by atoms with Crippen molar-refractivity contribution in [2.45, 2.75) is 0 Å². The minimum absolute atomic E-state index is 0.477. The molecule has 1 aromatic carbocycles. The Morgan fingerprint density at radius 3 is 2.44 bits per heavy atom. The second kappa shape index (κ2) is 5.75. The Labute approximate surface area is 92.7 Å². The zero-order chi connectivity index (χ0) is 12.0. The van der Waals surface area contributed by atoms with Gasteiger partial charge in [0.05, 0.1) is 14.2 Å². The van der Waals surface area contributed by atoms with Gasteiger partial charge < -0.3 is 14.8 Å². The summed E-state index contributed by atoms with van der Waals surface area (Å²) in [6.45, 7) is 0. The number of hydrogen-bond donors (Lipinski definition) is 1. The summed E-state index contributed by atoms with van der Waals surface area (Å²) in [6, 6.07) is 6.54. The Balaban J connectivity index is 2.66. The van der Waals surface area contributed by atoms with E-state index in [9.17, 15) is 9.18 Å². The first-order valence-electron chi connectivity index (χ1n) is 4.51. The lowest BCUT2D eigenvalue weighted by molar-refractivity contribution is -0.114. The number of carbonyl (C=O) groups excluding carboxylic acids is 1. The van der Waals surface area contributed by atoms with Gasteiger partial charge in [-0.25, -0.2) is 0 Å². The Hall–Kier alpha value is -2.04. The number of carbonyl (C=O) groups is 1. The van der Waals surface area contributed by atoms with Gasteiger partial charge in [0.15, 0.2) is 0 Å². The molecule has 4 nitrogen and oxygen atoms in total. The van der Waals surface area contributed by atoms with Crippen LogP contribution in [0.15, 0.2) is 36.4 Å². The van der Waals surface area contributed by atoms with E-state index in [0.29, 0.717) is 11.4 Å². The third-order valence-corrected chi connectivity index (χ3v) is 1.79. The van der Waals surface area contributed by atoms with Crippen molar-refractivity contribution in [1.29, 1.82) is 0 Å². The molecular weight excluding hydrogens is 213 g/mol. The molecule has 0 saturated carbocycles. The van der Waals surface area contributed by atoms with E-state index >= 15 is 0 Å². The third kappa shape index (κ3) is 3.27. The van der Waals surface area contributed by atoms with Crippen LogP contribution in [0.4, 0.5) is 10.1 Å². The summed E-state index contributed by atoms with van der Waals surface area (Å²) in [6.07, 6.45) is 0.735. The average molecular weight is 225 g/mol. The fourth-order valence-corrected chi connectivity index (χ4v) is 1.02. The fourth-order valence-electron chi connectivity index (χ4n) is 1.02. The lowest BCUT2D eigenvalue weighted by atomic mass is 10.3. The first kappa shape index (κ1) is 12.0. The molecular formula is C11H12FNO3. The molecule has 0 aliphatic rings. The number of methoxy groups -OCH3 is 2. The van der Waals surface area contributed by atoms with Crippen LogP contribution in [0.1, 0.15) is 0 Å². The number of nitrogens with one attached hydrogen (secondary N) is 1. The largest absolute Gasteiger partial charge is 0.501 e. The molecule has 5 heteroatoms. The molecule has 1 amide bonds. The van der Waals surface area contributed by atoms with Crippen LogP contribution in [0.5, 0.6) is 5.75 Å². The molecule has 0 aromatic heterocycles. The van der Waals surface area contributed by atoms with Crippen LogP contribution < -0.4 is 10.1 Å². The Morgan fingerprint density at radius 2 is 1.94 bits per heavy atom. The standard InChI is InChI=1S/C11H12FNO3/c1-15-7-10(12)11(14)13-8-3-5-9(16-2)6-4-8/h3-7H,1-2H3,(H,13,14)/b10-7-. The summed E-state index contributed by atoms with van der Waals surface area (Å²) in [5, 5.41) is 2.36. The maximum atomic E-state index is 12.9. The predicted molar refractivity (Wildman–Crippen MR) is 57.8 cm³/mol. The van der Waals surface area contributed by atoms with Gasteiger partial charge in [-0.1, -0.05) is 0 Å². The van der Waals surface area contributed by atoms with Crippen LogP contribution in [0.3, 0.4) is 0 Å². The molecule has 0 heterocycles. The van der Waals surface area contributed by atoms with Crippen molar-refractivity contribution in [1.82, 2.24) is 0 Å². The molecule has 1 aromatic rings. The van der Waals surface area contributed by atoms with Crippen LogP contribution in [0, 0.1) is 0 Å². The minimum atomic E-state index is -0.988. The predicted octanol–water partition coefficient (Wildman–Crippen LogP) is 2.09. The van der Waals surface area contributed by atoms with Gasteiger partial charge in [-0.05, 0) is 24.3 Å². The molecule has 0 aliphatic carbocycles. The molecule has 0 unspecified atom stereocenters. The maximum Gasteiger partial charge on any atom is 0.287 e. The molecule has 0 bridgehead atoms. The number of anilines is 1. The third-order valence-electron chi connectivity index (χ3n) is 1.79. The normalized spacial score (nSPS) is 10.8. The van der Waals surface area contributed by atoms with Crippen molar-refractivity contribution in [3.8, 4) is 5.75 Å². The SMILES string of the molecule is CO/C=C(\F)C(=O)Nc1ccc(OC)cc1. The Bertz CT molecular complexity index is 387. The Kier molecular flexibility index (Phi) is 4.32. The lowest BCUT2D eigenvalue weighted by Gasteiger charge is -2.04. The van der Waals surface area contributed by atoms with Gasteiger partial charge in [0.2, 0.25) is 5.83 Å². The van der Waals surface area contributed by atoms with Crippen LogP contribution in [-0.4, -0.2) is 20.1 Å². The number of halogens is 1. The van der Waals surface area contributed by atoms with Crippen molar-refractivity contribution in [2.75, 3.05) is 19.5 Å². The highest BCUT2D eigenvalue weighted by molar-refractivity contribution is 6.01. The lowest BCUT2D eigenvalue weighted by Crippen LogP contribution is -2.12. The van der Waals surface area contributed by atoms with Gasteiger partial charge in [0, 0.05) is 5.69 Å². The molecule has 0 radical (unpaired) electrons. The molecule has 0 aliphatic heterocycles. The molecule has 0 fully saturated rings. The second-order valence-corrected chi connectivity index (χ2v) is 2.88. The maximum absolute atomic E-state index is 12.9. The highest BCUT2D eigenvalue weighted by Crippen LogP contribution is 2.15. The smallest absolute Gasteiger partial charge is 0.287 e. The second-order valence-electron chi connectivity index (χ2n) is 2.88. The average Bonchev–Trinajstić information content (AvgIpc) is 2.30. The summed E-state index contributed by atoms with van der Waals surface area (Å²) < 4.78 is 22.3. The summed E-state index contributed by atoms with van der Waals surface area (Å²) in [4.78, 5) is 11.2. The van der Waals surface area contributed by atoms with Crippen LogP contribution in [-0.2, 0) is 9.53 Å². The van der Waals surface area contributed by atoms with E-state index in [4.69, 9.17) is 4.74 Å². The van der Waals surface area contributed by atoms with Crippen molar-refractivity contribution in [2.24, 2.45) is 0 Å². The number of amides is 1. The van der Waals surface area contributed by atoms with E-state index in [-0.39, 0.29) is 0 Å². The number of benzene rings is 1. The molecule has 0 atom stereocenters. The zero-order valence-corrected chi connectivity index (χ0v) is 8.99. The number of ether oxygens (including phenoxy) is 2. The summed E-state index contributed by atoms with van der Waals surface area (Å²) in [5.74, 6) is -1.18. The Morgan fingerprint density at radius 1 is 1.31 bits per heavy atom. The van der Waals surface area contributed by atoms with Crippen molar-refractivity contribution < 1.29 is 18.7 Å². The molecule has 16 heavy (non-hydrogen) atoms. The van der Waals surface area contributed by atoms with E-state index in [1.54, 1.807) is 24.3 Å². The molecule has 86 valence electrons. The van der Waals surface area contributed by atoms with Gasteiger partial charge in [-0.3, -0.25) is 4.79 Å². The zero-order valence-electron chi connectivity index (χ0n) is 8.99. The summed E-state index contributed by atoms with van der Waals surface area (Å²) >= 11 is 0. The van der Waals surface area contributed by atoms with Gasteiger partial charge in [-0.2, -0.15) is 4.39 Å². The highest BCUT2D eigenvalue weighted by atomic mass is 19.1.